The Morgan fingerprint density at radius 2 is 2.19 bits per heavy atom. The molecule has 6 heteroatoms. The molecule has 0 saturated heterocycles. The first-order valence-corrected chi connectivity index (χ1v) is 7.74. The largest absolute Gasteiger partial charge is 0.369 e. The molecule has 1 amide bonds. The minimum atomic E-state index is -0.218. The topological polar surface area (TPSA) is 54.0 Å². The van der Waals surface area contributed by atoms with Crippen LogP contribution >= 0.6 is 27.5 Å². The van der Waals surface area contributed by atoms with Crippen LogP contribution in [0.4, 0.5) is 11.5 Å². The molecule has 1 heterocycles. The van der Waals surface area contributed by atoms with E-state index in [4.69, 9.17) is 11.6 Å². The van der Waals surface area contributed by atoms with Crippen LogP contribution in [0.2, 0.25) is 5.02 Å². The van der Waals surface area contributed by atoms with Gasteiger partial charge in [-0.25, -0.2) is 4.98 Å². The van der Waals surface area contributed by atoms with E-state index in [0.29, 0.717) is 22.1 Å². The van der Waals surface area contributed by atoms with Gasteiger partial charge in [-0.05, 0) is 52.7 Å². The third-order valence-electron chi connectivity index (χ3n) is 2.77. The fourth-order valence-electron chi connectivity index (χ4n) is 1.75. The van der Waals surface area contributed by atoms with Crippen LogP contribution in [0.3, 0.4) is 0 Å². The van der Waals surface area contributed by atoms with Crippen LogP contribution in [0.15, 0.2) is 41.0 Å². The molecule has 2 aromatic rings. The summed E-state index contributed by atoms with van der Waals surface area (Å²) in [6, 6.07) is 8.69. The molecule has 0 aliphatic heterocycles. The summed E-state index contributed by atoms with van der Waals surface area (Å²) in [6.45, 7) is 2.82. The Balaban J connectivity index is 2.20. The van der Waals surface area contributed by atoms with Crippen molar-refractivity contribution in [2.24, 2.45) is 0 Å². The molecule has 2 rings (SSSR count). The van der Waals surface area contributed by atoms with Gasteiger partial charge in [0, 0.05) is 22.2 Å². The van der Waals surface area contributed by atoms with Crippen molar-refractivity contribution in [2.75, 3.05) is 17.2 Å². The smallest absolute Gasteiger partial charge is 0.259 e. The van der Waals surface area contributed by atoms with Crippen molar-refractivity contribution < 1.29 is 4.79 Å². The van der Waals surface area contributed by atoms with Crippen LogP contribution in [0, 0.1) is 0 Å². The van der Waals surface area contributed by atoms with Crippen molar-refractivity contribution in [1.29, 1.82) is 0 Å². The van der Waals surface area contributed by atoms with Crippen LogP contribution < -0.4 is 10.6 Å². The van der Waals surface area contributed by atoms with Gasteiger partial charge in [0.2, 0.25) is 0 Å². The van der Waals surface area contributed by atoms with Gasteiger partial charge in [0.25, 0.3) is 5.91 Å². The van der Waals surface area contributed by atoms with E-state index in [0.717, 1.165) is 17.4 Å². The Labute approximate surface area is 137 Å². The molecule has 0 aliphatic carbocycles. The minimum absolute atomic E-state index is 0.218. The van der Waals surface area contributed by atoms with E-state index in [1.54, 1.807) is 36.5 Å². The molecule has 0 unspecified atom stereocenters. The second-order valence-corrected chi connectivity index (χ2v) is 5.70. The van der Waals surface area contributed by atoms with E-state index in [1.165, 1.54) is 0 Å². The molecule has 0 bridgehead atoms. The first-order valence-electron chi connectivity index (χ1n) is 6.57. The first-order chi connectivity index (χ1) is 10.1. The molecule has 2 N–H and O–H groups in total. The normalized spacial score (nSPS) is 10.2. The van der Waals surface area contributed by atoms with E-state index in [-0.39, 0.29) is 5.91 Å². The van der Waals surface area contributed by atoms with Crippen molar-refractivity contribution in [3.63, 3.8) is 0 Å². The number of hydrogen-bond acceptors (Lipinski definition) is 3. The summed E-state index contributed by atoms with van der Waals surface area (Å²) in [4.78, 5) is 16.6. The lowest BCUT2D eigenvalue weighted by Crippen LogP contribution is -2.16. The number of amides is 1. The predicted octanol–water partition coefficient (Wildman–Crippen LogP) is 4.57. The number of hydrogen-bond donors (Lipinski definition) is 2. The summed E-state index contributed by atoms with van der Waals surface area (Å²) in [5, 5.41) is 6.60. The minimum Gasteiger partial charge on any atom is -0.369 e. The maximum Gasteiger partial charge on any atom is 0.259 e. The summed E-state index contributed by atoms with van der Waals surface area (Å²) >= 11 is 9.27. The molecular formula is C15H15BrClN3O. The van der Waals surface area contributed by atoms with E-state index in [9.17, 15) is 4.79 Å². The Morgan fingerprint density at radius 1 is 1.38 bits per heavy atom. The molecule has 0 atom stereocenters. The number of benzene rings is 1. The summed E-state index contributed by atoms with van der Waals surface area (Å²) in [7, 11) is 0. The number of anilines is 2. The zero-order chi connectivity index (χ0) is 15.2. The molecule has 0 aliphatic rings. The Hall–Kier alpha value is -1.59. The van der Waals surface area contributed by atoms with Crippen molar-refractivity contribution in [3.05, 3.63) is 51.6 Å². The van der Waals surface area contributed by atoms with Crippen molar-refractivity contribution in [2.45, 2.75) is 13.3 Å². The number of nitrogens with one attached hydrogen (secondary N) is 2. The maximum absolute atomic E-state index is 12.4. The second-order valence-electron chi connectivity index (χ2n) is 4.40. The molecular weight excluding hydrogens is 354 g/mol. The lowest BCUT2D eigenvalue weighted by atomic mass is 10.2. The molecule has 21 heavy (non-hydrogen) atoms. The summed E-state index contributed by atoms with van der Waals surface area (Å²) in [5.41, 5.74) is 1.17. The predicted molar refractivity (Wildman–Crippen MR) is 90.1 cm³/mol. The van der Waals surface area contributed by atoms with E-state index in [2.05, 4.69) is 38.5 Å². The zero-order valence-corrected chi connectivity index (χ0v) is 13.8. The van der Waals surface area contributed by atoms with E-state index in [1.807, 2.05) is 0 Å². The lowest BCUT2D eigenvalue weighted by Gasteiger charge is -2.11. The average molecular weight is 369 g/mol. The Morgan fingerprint density at radius 3 is 2.90 bits per heavy atom. The number of halogens is 2. The van der Waals surface area contributed by atoms with Gasteiger partial charge in [-0.15, -0.1) is 0 Å². The fourth-order valence-corrected chi connectivity index (χ4v) is 2.54. The molecule has 0 spiro atoms. The van der Waals surface area contributed by atoms with Crippen LogP contribution in [0.25, 0.3) is 0 Å². The number of nitrogens with zero attached hydrogens (tertiary/aromatic N) is 1. The molecule has 0 fully saturated rings. The van der Waals surface area contributed by atoms with Gasteiger partial charge in [0.05, 0.1) is 11.3 Å². The Kier molecular flexibility index (Phi) is 5.59. The number of rotatable bonds is 5. The van der Waals surface area contributed by atoms with Crippen LogP contribution in [0.1, 0.15) is 23.7 Å². The van der Waals surface area contributed by atoms with Crippen LogP contribution in [-0.4, -0.2) is 17.4 Å². The molecule has 110 valence electrons. The third-order valence-corrected chi connectivity index (χ3v) is 3.67. The van der Waals surface area contributed by atoms with Crippen molar-refractivity contribution >= 4 is 44.9 Å². The SMILES string of the molecule is CCCNc1ncccc1C(=O)Nc1ccc(Cl)cc1Br. The lowest BCUT2D eigenvalue weighted by molar-refractivity contribution is 0.102. The zero-order valence-electron chi connectivity index (χ0n) is 11.5. The van der Waals surface area contributed by atoms with Crippen LogP contribution in [-0.2, 0) is 0 Å². The number of pyridine rings is 1. The summed E-state index contributed by atoms with van der Waals surface area (Å²) in [6.07, 6.45) is 2.62. The number of carbonyl (C=O) groups is 1. The van der Waals surface area contributed by atoms with E-state index < -0.39 is 0 Å². The number of aromatic nitrogens is 1. The molecule has 0 radical (unpaired) electrons. The van der Waals surface area contributed by atoms with E-state index >= 15 is 0 Å². The second kappa shape index (κ2) is 7.43. The van der Waals surface area contributed by atoms with Crippen molar-refractivity contribution in [1.82, 2.24) is 4.98 Å². The first kappa shape index (κ1) is 15.8. The van der Waals surface area contributed by atoms with Gasteiger partial charge in [0.15, 0.2) is 0 Å². The molecule has 0 saturated carbocycles. The highest BCUT2D eigenvalue weighted by atomic mass is 79.9. The molecule has 1 aromatic carbocycles. The highest BCUT2D eigenvalue weighted by Gasteiger charge is 2.13. The average Bonchev–Trinajstić information content (AvgIpc) is 2.48. The van der Waals surface area contributed by atoms with Crippen LogP contribution in [0.5, 0.6) is 0 Å². The standard InChI is InChI=1S/C15H15BrClN3O/c1-2-7-18-14-11(4-3-8-19-14)15(21)20-13-6-5-10(17)9-12(13)16/h3-6,8-9H,2,7H2,1H3,(H,18,19)(H,20,21). The van der Waals surface area contributed by atoms with Gasteiger partial charge in [-0.1, -0.05) is 18.5 Å². The summed E-state index contributed by atoms with van der Waals surface area (Å²) < 4.78 is 0.732. The fraction of sp³-hybridized carbons (Fsp3) is 0.200. The van der Waals surface area contributed by atoms with Gasteiger partial charge in [-0.3, -0.25) is 4.79 Å². The third kappa shape index (κ3) is 4.19. The van der Waals surface area contributed by atoms with Gasteiger partial charge in [0.1, 0.15) is 5.82 Å². The number of carbonyl (C=O) groups excluding carboxylic acids is 1. The monoisotopic (exact) mass is 367 g/mol. The molecule has 4 nitrogen and oxygen atoms in total. The highest BCUT2D eigenvalue weighted by Crippen LogP contribution is 2.26. The Bertz CT molecular complexity index is 649. The maximum atomic E-state index is 12.4. The quantitative estimate of drug-likeness (QED) is 0.812. The van der Waals surface area contributed by atoms with Gasteiger partial charge < -0.3 is 10.6 Å². The van der Waals surface area contributed by atoms with Gasteiger partial charge >= 0.3 is 0 Å². The van der Waals surface area contributed by atoms with Gasteiger partial charge in [-0.2, -0.15) is 0 Å². The summed E-state index contributed by atoms with van der Waals surface area (Å²) in [5.74, 6) is 0.367. The molecule has 1 aromatic heterocycles. The van der Waals surface area contributed by atoms with Crippen molar-refractivity contribution in [3.8, 4) is 0 Å². The highest BCUT2D eigenvalue weighted by molar-refractivity contribution is 9.10.